The standard InChI is InChI=1S/C9H9FO3/c10-7-1-3-9(4-2-7)13-6-8(12)5-11/h1-4,11H,5-6H2. The highest BCUT2D eigenvalue weighted by Gasteiger charge is 2.00. The predicted octanol–water partition coefficient (Wildman–Crippen LogP) is 0.766. The number of hydrogen-bond acceptors (Lipinski definition) is 3. The van der Waals surface area contributed by atoms with Crippen molar-refractivity contribution in [2.45, 2.75) is 0 Å². The van der Waals surface area contributed by atoms with Crippen LogP contribution >= 0.6 is 0 Å². The Morgan fingerprint density at radius 3 is 2.54 bits per heavy atom. The van der Waals surface area contributed by atoms with Gasteiger partial charge >= 0.3 is 0 Å². The van der Waals surface area contributed by atoms with Crippen LogP contribution in [0.4, 0.5) is 4.39 Å². The number of carbonyl (C=O) groups excluding carboxylic acids is 1. The topological polar surface area (TPSA) is 46.5 Å². The summed E-state index contributed by atoms with van der Waals surface area (Å²) in [7, 11) is 0. The first-order chi connectivity index (χ1) is 6.22. The molecule has 3 nitrogen and oxygen atoms in total. The molecule has 0 atom stereocenters. The zero-order valence-electron chi connectivity index (χ0n) is 6.87. The van der Waals surface area contributed by atoms with E-state index >= 15 is 0 Å². The molecule has 0 heterocycles. The van der Waals surface area contributed by atoms with Crippen LogP contribution in [0.15, 0.2) is 24.3 Å². The Bertz CT molecular complexity index is 281. The van der Waals surface area contributed by atoms with E-state index in [1.54, 1.807) is 0 Å². The number of aliphatic hydroxyl groups excluding tert-OH is 1. The number of hydrogen-bond donors (Lipinski definition) is 1. The highest BCUT2D eigenvalue weighted by atomic mass is 19.1. The lowest BCUT2D eigenvalue weighted by Crippen LogP contribution is -2.14. The molecule has 0 aliphatic carbocycles. The van der Waals surface area contributed by atoms with Gasteiger partial charge in [-0.2, -0.15) is 0 Å². The van der Waals surface area contributed by atoms with Crippen molar-refractivity contribution in [3.63, 3.8) is 0 Å². The molecule has 1 aromatic rings. The number of Topliss-reactive ketones (excluding diaryl/α,β-unsaturated/α-hetero) is 1. The van der Waals surface area contributed by atoms with Gasteiger partial charge in [-0.05, 0) is 24.3 Å². The number of rotatable bonds is 4. The summed E-state index contributed by atoms with van der Waals surface area (Å²) in [6.07, 6.45) is 0. The fraction of sp³-hybridized carbons (Fsp3) is 0.222. The molecule has 0 amide bonds. The van der Waals surface area contributed by atoms with Crippen LogP contribution in [0.2, 0.25) is 0 Å². The Hall–Kier alpha value is -1.42. The number of ketones is 1. The van der Waals surface area contributed by atoms with E-state index < -0.39 is 12.4 Å². The fourth-order valence-corrected chi connectivity index (χ4v) is 0.740. The van der Waals surface area contributed by atoms with E-state index in [9.17, 15) is 9.18 Å². The SMILES string of the molecule is O=C(CO)COc1ccc(F)cc1. The third-order valence-electron chi connectivity index (χ3n) is 1.39. The average Bonchev–Trinajstić information content (AvgIpc) is 2.16. The summed E-state index contributed by atoms with van der Waals surface area (Å²) in [6, 6.07) is 5.30. The smallest absolute Gasteiger partial charge is 0.195 e. The minimum absolute atomic E-state index is 0.192. The Kier molecular flexibility index (Phi) is 3.40. The highest BCUT2D eigenvalue weighted by molar-refractivity contribution is 5.80. The Labute approximate surface area is 74.8 Å². The monoisotopic (exact) mass is 184 g/mol. The number of aliphatic hydroxyl groups is 1. The van der Waals surface area contributed by atoms with Crippen LogP contribution in [0.1, 0.15) is 0 Å². The number of halogens is 1. The second kappa shape index (κ2) is 4.57. The van der Waals surface area contributed by atoms with Crippen LogP contribution < -0.4 is 4.74 Å². The first kappa shape index (κ1) is 9.67. The van der Waals surface area contributed by atoms with Gasteiger partial charge < -0.3 is 9.84 Å². The van der Waals surface area contributed by atoms with Gasteiger partial charge in [-0.15, -0.1) is 0 Å². The maximum atomic E-state index is 12.4. The highest BCUT2D eigenvalue weighted by Crippen LogP contribution is 2.10. The predicted molar refractivity (Wildman–Crippen MR) is 44.0 cm³/mol. The van der Waals surface area contributed by atoms with Gasteiger partial charge in [0.1, 0.15) is 24.8 Å². The lowest BCUT2D eigenvalue weighted by molar-refractivity contribution is -0.123. The van der Waals surface area contributed by atoms with Gasteiger partial charge in [-0.25, -0.2) is 4.39 Å². The molecular formula is C9H9FO3. The minimum atomic E-state index is -0.540. The molecule has 1 rings (SSSR count). The van der Waals surface area contributed by atoms with Crippen molar-refractivity contribution < 1.29 is 19.0 Å². The third-order valence-corrected chi connectivity index (χ3v) is 1.39. The van der Waals surface area contributed by atoms with Crippen LogP contribution in [-0.2, 0) is 4.79 Å². The van der Waals surface area contributed by atoms with Gasteiger partial charge in [0, 0.05) is 0 Å². The second-order valence-corrected chi connectivity index (χ2v) is 2.44. The van der Waals surface area contributed by atoms with Gasteiger partial charge in [-0.1, -0.05) is 0 Å². The molecule has 4 heteroatoms. The van der Waals surface area contributed by atoms with Crippen molar-refractivity contribution in [3.8, 4) is 5.75 Å². The summed E-state index contributed by atoms with van der Waals surface area (Å²) < 4.78 is 17.3. The second-order valence-electron chi connectivity index (χ2n) is 2.44. The van der Waals surface area contributed by atoms with E-state index in [0.717, 1.165) is 0 Å². The van der Waals surface area contributed by atoms with Crippen molar-refractivity contribution in [3.05, 3.63) is 30.1 Å². The molecule has 1 N–H and O–H groups in total. The van der Waals surface area contributed by atoms with Gasteiger partial charge in [0.2, 0.25) is 0 Å². The Morgan fingerprint density at radius 1 is 1.38 bits per heavy atom. The van der Waals surface area contributed by atoms with Crippen molar-refractivity contribution in [2.24, 2.45) is 0 Å². The first-order valence-corrected chi connectivity index (χ1v) is 3.73. The quantitative estimate of drug-likeness (QED) is 0.751. The normalized spacial score (nSPS) is 9.69. The molecule has 0 radical (unpaired) electrons. The van der Waals surface area contributed by atoms with Gasteiger partial charge in [0.25, 0.3) is 0 Å². The van der Waals surface area contributed by atoms with Crippen LogP contribution in [0.3, 0.4) is 0 Å². The largest absolute Gasteiger partial charge is 0.486 e. The third kappa shape index (κ3) is 3.21. The van der Waals surface area contributed by atoms with Crippen molar-refractivity contribution in [2.75, 3.05) is 13.2 Å². The summed E-state index contributed by atoms with van der Waals surface area (Å²) >= 11 is 0. The van der Waals surface area contributed by atoms with E-state index in [2.05, 4.69) is 0 Å². The maximum Gasteiger partial charge on any atom is 0.195 e. The molecule has 0 bridgehead atoms. The summed E-state index contributed by atoms with van der Waals surface area (Å²) in [5, 5.41) is 8.37. The molecule has 0 aliphatic rings. The van der Waals surface area contributed by atoms with Gasteiger partial charge in [0.15, 0.2) is 5.78 Å². The summed E-state index contributed by atoms with van der Waals surface area (Å²) in [4.78, 5) is 10.6. The number of carbonyl (C=O) groups is 1. The Balaban J connectivity index is 2.46. The molecule has 1 aromatic carbocycles. The molecule has 13 heavy (non-hydrogen) atoms. The molecule has 0 saturated carbocycles. The van der Waals surface area contributed by atoms with Crippen LogP contribution in [0.5, 0.6) is 5.75 Å². The fourth-order valence-electron chi connectivity index (χ4n) is 0.740. The van der Waals surface area contributed by atoms with E-state index in [1.165, 1.54) is 24.3 Å². The summed E-state index contributed by atoms with van der Waals surface area (Å²) in [6.45, 7) is -0.733. The average molecular weight is 184 g/mol. The van der Waals surface area contributed by atoms with E-state index in [0.29, 0.717) is 5.75 Å². The zero-order valence-corrected chi connectivity index (χ0v) is 6.87. The van der Waals surface area contributed by atoms with Gasteiger partial charge in [0.05, 0.1) is 0 Å². The maximum absolute atomic E-state index is 12.4. The van der Waals surface area contributed by atoms with E-state index in [-0.39, 0.29) is 12.4 Å². The molecular weight excluding hydrogens is 175 g/mol. The molecule has 0 aliphatic heterocycles. The number of ether oxygens (including phenoxy) is 1. The van der Waals surface area contributed by atoms with Crippen molar-refractivity contribution in [1.29, 1.82) is 0 Å². The van der Waals surface area contributed by atoms with Crippen LogP contribution in [0.25, 0.3) is 0 Å². The minimum Gasteiger partial charge on any atom is -0.486 e. The van der Waals surface area contributed by atoms with Gasteiger partial charge in [-0.3, -0.25) is 4.79 Å². The van der Waals surface area contributed by atoms with E-state index in [1.807, 2.05) is 0 Å². The summed E-state index contributed by atoms with van der Waals surface area (Å²) in [5.41, 5.74) is 0. The Morgan fingerprint density at radius 2 is 2.00 bits per heavy atom. The van der Waals surface area contributed by atoms with Crippen molar-refractivity contribution >= 4 is 5.78 Å². The lowest BCUT2D eigenvalue weighted by Gasteiger charge is -2.02. The lowest BCUT2D eigenvalue weighted by atomic mass is 10.3. The molecule has 0 unspecified atom stereocenters. The molecule has 0 fully saturated rings. The van der Waals surface area contributed by atoms with E-state index in [4.69, 9.17) is 9.84 Å². The zero-order chi connectivity index (χ0) is 9.68. The van der Waals surface area contributed by atoms with Crippen molar-refractivity contribution in [1.82, 2.24) is 0 Å². The summed E-state index contributed by atoms with van der Waals surface area (Å²) in [5.74, 6) is -0.367. The molecule has 0 saturated heterocycles. The number of benzene rings is 1. The first-order valence-electron chi connectivity index (χ1n) is 3.73. The molecule has 0 spiro atoms. The molecule has 0 aromatic heterocycles. The molecule has 70 valence electrons. The van der Waals surface area contributed by atoms with Crippen LogP contribution in [0, 0.1) is 5.82 Å². The van der Waals surface area contributed by atoms with Crippen LogP contribution in [-0.4, -0.2) is 24.1 Å².